The topological polar surface area (TPSA) is 117 Å². The number of H-pyrrole nitrogens is 1. The van der Waals surface area contributed by atoms with Crippen molar-refractivity contribution in [2.45, 2.75) is 45.1 Å². The number of tetrazole rings is 1. The number of benzene rings is 1. The van der Waals surface area contributed by atoms with Gasteiger partial charge in [0.2, 0.25) is 0 Å². The molecular weight excluding hydrogens is 430 g/mol. The Hall–Kier alpha value is -3.34. The van der Waals surface area contributed by atoms with Crippen molar-refractivity contribution in [3.8, 4) is 5.69 Å². The third-order valence-electron chi connectivity index (χ3n) is 5.03. The number of carbonyl (C=O) groups excluding carboxylic acids is 2. The summed E-state index contributed by atoms with van der Waals surface area (Å²) in [4.78, 5) is 31.2. The first-order chi connectivity index (χ1) is 15.3. The molecule has 10 nitrogen and oxygen atoms in total. The van der Waals surface area contributed by atoms with Gasteiger partial charge in [0.15, 0.2) is 5.21 Å². The van der Waals surface area contributed by atoms with E-state index < -0.39 is 5.60 Å². The van der Waals surface area contributed by atoms with Crippen molar-refractivity contribution in [3.63, 3.8) is 0 Å². The van der Waals surface area contributed by atoms with E-state index in [9.17, 15) is 9.59 Å². The standard InChI is InChI=1S/C21H25N7O3S/c1-21(2,3)31-20(30)27-10-8-14(9-11-27)19-24-17(12-32-19)18(29)23-15-4-6-16(7-5-15)28-13-22-25-26-28/h4-7,12-14H,8-11H2,1-3H3,(H,23,29)/p+1. The number of hydrogen-bond donors (Lipinski definition) is 2. The Bertz CT molecular complexity index is 1070. The van der Waals surface area contributed by atoms with Gasteiger partial charge in [-0.15, -0.1) is 16.0 Å². The fourth-order valence-electron chi connectivity index (χ4n) is 3.42. The number of aromatic amines is 1. The highest BCUT2D eigenvalue weighted by atomic mass is 32.1. The molecule has 1 aromatic carbocycles. The third kappa shape index (κ3) is 5.28. The van der Waals surface area contributed by atoms with Crippen LogP contribution in [0, 0.1) is 0 Å². The first kappa shape index (κ1) is 21.9. The number of hydrogen-bond acceptors (Lipinski definition) is 7. The highest BCUT2D eigenvalue weighted by Crippen LogP contribution is 2.31. The molecule has 3 aromatic rings. The van der Waals surface area contributed by atoms with Crippen molar-refractivity contribution in [1.29, 1.82) is 0 Å². The molecule has 1 aliphatic heterocycles. The Labute approximate surface area is 189 Å². The molecule has 11 heteroatoms. The number of piperidine rings is 1. The van der Waals surface area contributed by atoms with Crippen molar-refractivity contribution in [3.05, 3.63) is 46.7 Å². The lowest BCUT2D eigenvalue weighted by Gasteiger charge is -2.32. The predicted molar refractivity (Wildman–Crippen MR) is 118 cm³/mol. The Kier molecular flexibility index (Phi) is 6.17. The lowest BCUT2D eigenvalue weighted by Crippen LogP contribution is -2.41. The van der Waals surface area contributed by atoms with Crippen molar-refractivity contribution in [1.82, 2.24) is 25.4 Å². The van der Waals surface area contributed by atoms with Crippen LogP contribution in [0.15, 0.2) is 36.0 Å². The van der Waals surface area contributed by atoms with Gasteiger partial charge in [0.1, 0.15) is 22.1 Å². The molecule has 0 saturated carbocycles. The zero-order valence-electron chi connectivity index (χ0n) is 18.2. The molecule has 32 heavy (non-hydrogen) atoms. The minimum Gasteiger partial charge on any atom is -0.444 e. The fourth-order valence-corrected chi connectivity index (χ4v) is 4.39. The fraction of sp³-hybridized carbons (Fsp3) is 0.429. The summed E-state index contributed by atoms with van der Waals surface area (Å²) in [6.45, 7) is 6.84. The Morgan fingerprint density at radius 1 is 1.22 bits per heavy atom. The van der Waals surface area contributed by atoms with E-state index in [2.05, 4.69) is 25.8 Å². The van der Waals surface area contributed by atoms with Crippen molar-refractivity contribution in [2.75, 3.05) is 18.4 Å². The summed E-state index contributed by atoms with van der Waals surface area (Å²) in [5.74, 6) is -0.0122. The summed E-state index contributed by atoms with van der Waals surface area (Å²) < 4.78 is 7.11. The number of nitrogens with one attached hydrogen (secondary N) is 2. The van der Waals surface area contributed by atoms with E-state index in [0.29, 0.717) is 24.5 Å². The van der Waals surface area contributed by atoms with Gasteiger partial charge in [-0.1, -0.05) is 5.21 Å². The molecule has 168 valence electrons. The van der Waals surface area contributed by atoms with Crippen LogP contribution in [0.4, 0.5) is 10.5 Å². The molecule has 0 aliphatic carbocycles. The average molecular weight is 457 g/mol. The van der Waals surface area contributed by atoms with Crippen LogP contribution < -0.4 is 10.00 Å². The van der Waals surface area contributed by atoms with E-state index in [-0.39, 0.29) is 17.9 Å². The number of amides is 2. The van der Waals surface area contributed by atoms with E-state index in [1.807, 2.05) is 32.9 Å². The molecule has 2 aromatic heterocycles. The van der Waals surface area contributed by atoms with Gasteiger partial charge in [0.25, 0.3) is 12.2 Å². The second-order valence-electron chi connectivity index (χ2n) is 8.61. The first-order valence-electron chi connectivity index (χ1n) is 10.4. The molecule has 0 radical (unpaired) electrons. The number of ether oxygens (including phenoxy) is 1. The minimum atomic E-state index is -0.499. The first-order valence-corrected chi connectivity index (χ1v) is 11.3. The van der Waals surface area contributed by atoms with Crippen molar-refractivity contribution in [2.24, 2.45) is 0 Å². The summed E-state index contributed by atoms with van der Waals surface area (Å²) in [7, 11) is 0. The number of aromatic nitrogens is 5. The second kappa shape index (κ2) is 9.03. The van der Waals surface area contributed by atoms with Gasteiger partial charge in [0.05, 0.1) is 5.01 Å². The van der Waals surface area contributed by atoms with E-state index in [1.165, 1.54) is 11.3 Å². The minimum absolute atomic E-state index is 0.236. The molecule has 0 bridgehead atoms. The quantitative estimate of drug-likeness (QED) is 0.583. The summed E-state index contributed by atoms with van der Waals surface area (Å²) in [6, 6.07) is 7.31. The smallest absolute Gasteiger partial charge is 0.410 e. The molecule has 0 spiro atoms. The molecule has 1 fully saturated rings. The molecule has 4 rings (SSSR count). The maximum absolute atomic E-state index is 12.6. The van der Waals surface area contributed by atoms with E-state index in [1.54, 1.807) is 33.4 Å². The van der Waals surface area contributed by atoms with Gasteiger partial charge in [-0.05, 0) is 57.9 Å². The number of rotatable bonds is 4. The molecule has 0 unspecified atom stereocenters. The molecule has 0 atom stereocenters. The molecule has 2 amide bonds. The monoisotopic (exact) mass is 456 g/mol. The average Bonchev–Trinajstić information content (AvgIpc) is 3.46. The summed E-state index contributed by atoms with van der Waals surface area (Å²) in [5, 5.41) is 15.7. The summed E-state index contributed by atoms with van der Waals surface area (Å²) in [5.41, 5.74) is 1.42. The predicted octanol–water partition coefficient (Wildman–Crippen LogP) is 2.90. The van der Waals surface area contributed by atoms with Crippen LogP contribution in [0.25, 0.3) is 5.69 Å². The van der Waals surface area contributed by atoms with Gasteiger partial charge in [-0.25, -0.2) is 9.78 Å². The van der Waals surface area contributed by atoms with E-state index >= 15 is 0 Å². The lowest BCUT2D eigenvalue weighted by molar-refractivity contribution is -0.660. The van der Waals surface area contributed by atoms with Crippen LogP contribution in [0.5, 0.6) is 0 Å². The van der Waals surface area contributed by atoms with Gasteiger partial charge < -0.3 is 15.0 Å². The largest absolute Gasteiger partial charge is 0.444 e. The maximum Gasteiger partial charge on any atom is 0.410 e. The molecule has 2 N–H and O–H groups in total. The van der Waals surface area contributed by atoms with Gasteiger partial charge in [-0.2, -0.15) is 0 Å². The third-order valence-corrected chi connectivity index (χ3v) is 6.04. The Morgan fingerprint density at radius 2 is 1.94 bits per heavy atom. The Balaban J connectivity index is 1.32. The lowest BCUT2D eigenvalue weighted by atomic mass is 9.98. The van der Waals surface area contributed by atoms with Crippen molar-refractivity contribution < 1.29 is 19.0 Å². The normalized spacial score (nSPS) is 14.9. The summed E-state index contributed by atoms with van der Waals surface area (Å²) >= 11 is 1.49. The molecule has 1 aliphatic rings. The Morgan fingerprint density at radius 3 is 2.56 bits per heavy atom. The number of nitrogens with zero attached hydrogens (tertiary/aromatic N) is 5. The molecule has 3 heterocycles. The number of carbonyl (C=O) groups is 2. The second-order valence-corrected chi connectivity index (χ2v) is 9.50. The zero-order valence-corrected chi connectivity index (χ0v) is 19.1. The van der Waals surface area contributed by atoms with Gasteiger partial charge in [0, 0.05) is 30.1 Å². The van der Waals surface area contributed by atoms with E-state index in [4.69, 9.17) is 4.74 Å². The number of likely N-dealkylation sites (tertiary alicyclic amines) is 1. The van der Waals surface area contributed by atoms with Crippen LogP contribution in [0.2, 0.25) is 0 Å². The van der Waals surface area contributed by atoms with Gasteiger partial charge >= 0.3 is 6.09 Å². The van der Waals surface area contributed by atoms with Crippen molar-refractivity contribution >= 4 is 29.0 Å². The maximum atomic E-state index is 12.6. The molecular formula is C21H26N7O3S+. The van der Waals surface area contributed by atoms with Crippen LogP contribution in [-0.2, 0) is 4.74 Å². The SMILES string of the molecule is CC(C)(C)OC(=O)N1CCC(c2nc(C(=O)Nc3ccc(-[n+]4cnn[nH]4)cc3)cs2)CC1. The van der Waals surface area contributed by atoms with Gasteiger partial charge in [-0.3, -0.25) is 4.79 Å². The van der Waals surface area contributed by atoms with E-state index in [0.717, 1.165) is 23.5 Å². The molecule has 1 saturated heterocycles. The van der Waals surface area contributed by atoms with Crippen LogP contribution in [0.1, 0.15) is 55.0 Å². The zero-order chi connectivity index (χ0) is 22.7. The van der Waals surface area contributed by atoms with Crippen LogP contribution in [0.3, 0.4) is 0 Å². The van der Waals surface area contributed by atoms with Crippen LogP contribution in [-0.4, -0.2) is 56.1 Å². The van der Waals surface area contributed by atoms with Crippen LogP contribution >= 0.6 is 11.3 Å². The number of thiazole rings is 1. The highest BCUT2D eigenvalue weighted by molar-refractivity contribution is 7.10. The highest BCUT2D eigenvalue weighted by Gasteiger charge is 2.29. The summed E-state index contributed by atoms with van der Waals surface area (Å²) in [6.07, 6.45) is 2.89. The number of anilines is 1.